The maximum atomic E-state index is 12.8. The molecule has 2 aromatic rings. The number of hydrogen-bond acceptors (Lipinski definition) is 3. The van der Waals surface area contributed by atoms with Gasteiger partial charge in [-0.05, 0) is 30.3 Å². The number of benzene rings is 2. The molecule has 116 valence electrons. The lowest BCUT2D eigenvalue weighted by molar-refractivity contribution is -0.127. The Balaban J connectivity index is 1.90. The Morgan fingerprint density at radius 2 is 1.86 bits per heavy atom. The Bertz CT molecular complexity index is 631. The summed E-state index contributed by atoms with van der Waals surface area (Å²) < 4.78 is 18.1. The van der Waals surface area contributed by atoms with Gasteiger partial charge in [0.15, 0.2) is 0 Å². The van der Waals surface area contributed by atoms with Crippen LogP contribution >= 0.6 is 11.8 Å². The lowest BCUT2D eigenvalue weighted by Gasteiger charge is -2.18. The molecule has 5 heteroatoms. The summed E-state index contributed by atoms with van der Waals surface area (Å²) in [5, 5.41) is 0. The zero-order valence-corrected chi connectivity index (χ0v) is 13.4. The first-order valence-corrected chi connectivity index (χ1v) is 7.83. The topological polar surface area (TPSA) is 29.5 Å². The van der Waals surface area contributed by atoms with Crippen LogP contribution in [0.4, 0.5) is 4.39 Å². The monoisotopic (exact) mass is 319 g/mol. The summed E-state index contributed by atoms with van der Waals surface area (Å²) >= 11 is 1.40. The van der Waals surface area contributed by atoms with Crippen molar-refractivity contribution in [1.82, 2.24) is 4.90 Å². The van der Waals surface area contributed by atoms with E-state index in [1.54, 1.807) is 31.2 Å². The number of hydrogen-bond donors (Lipinski definition) is 0. The highest BCUT2D eigenvalue weighted by molar-refractivity contribution is 8.00. The van der Waals surface area contributed by atoms with Crippen molar-refractivity contribution in [1.29, 1.82) is 0 Å². The summed E-state index contributed by atoms with van der Waals surface area (Å²) in [7, 11) is 3.38. The number of amides is 1. The van der Waals surface area contributed by atoms with E-state index in [0.29, 0.717) is 12.3 Å². The van der Waals surface area contributed by atoms with Crippen LogP contribution in [0, 0.1) is 5.82 Å². The first-order valence-electron chi connectivity index (χ1n) is 6.84. The third kappa shape index (κ3) is 4.49. The van der Waals surface area contributed by atoms with Crippen molar-refractivity contribution >= 4 is 17.7 Å². The molecular weight excluding hydrogens is 301 g/mol. The smallest absolute Gasteiger partial charge is 0.232 e. The molecule has 0 spiro atoms. The van der Waals surface area contributed by atoms with Crippen molar-refractivity contribution in [3.63, 3.8) is 0 Å². The number of ether oxygens (including phenoxy) is 1. The molecule has 0 atom stereocenters. The third-order valence-corrected chi connectivity index (χ3v) is 4.20. The Labute approximate surface area is 134 Å². The second-order valence-corrected chi connectivity index (χ2v) is 5.85. The molecule has 0 aliphatic carbocycles. The van der Waals surface area contributed by atoms with E-state index < -0.39 is 0 Å². The van der Waals surface area contributed by atoms with Crippen molar-refractivity contribution in [2.24, 2.45) is 0 Å². The van der Waals surface area contributed by atoms with Crippen molar-refractivity contribution in [3.05, 3.63) is 59.9 Å². The highest BCUT2D eigenvalue weighted by Crippen LogP contribution is 2.21. The van der Waals surface area contributed by atoms with Gasteiger partial charge in [0.2, 0.25) is 5.91 Å². The number of para-hydroxylation sites is 1. The molecule has 0 aromatic heterocycles. The minimum atomic E-state index is -0.274. The van der Waals surface area contributed by atoms with Crippen molar-refractivity contribution in [2.45, 2.75) is 11.4 Å². The maximum Gasteiger partial charge on any atom is 0.232 e. The summed E-state index contributed by atoms with van der Waals surface area (Å²) in [5.74, 6) is 0.828. The fourth-order valence-corrected chi connectivity index (χ4v) is 2.80. The molecule has 0 aliphatic heterocycles. The van der Waals surface area contributed by atoms with Crippen molar-refractivity contribution in [2.75, 3.05) is 19.9 Å². The van der Waals surface area contributed by atoms with Gasteiger partial charge in [0, 0.05) is 24.1 Å². The van der Waals surface area contributed by atoms with Crippen LogP contribution in [0.5, 0.6) is 5.75 Å². The zero-order chi connectivity index (χ0) is 15.9. The SMILES string of the molecule is COc1ccccc1CN(C)C(=O)CSc1ccc(F)cc1. The summed E-state index contributed by atoms with van der Waals surface area (Å²) in [6, 6.07) is 13.8. The van der Waals surface area contributed by atoms with Gasteiger partial charge in [-0.3, -0.25) is 4.79 Å². The van der Waals surface area contributed by atoms with E-state index in [1.807, 2.05) is 24.3 Å². The van der Waals surface area contributed by atoms with Gasteiger partial charge in [-0.2, -0.15) is 0 Å². The molecule has 0 N–H and O–H groups in total. The number of carbonyl (C=O) groups excluding carboxylic acids is 1. The number of carbonyl (C=O) groups is 1. The third-order valence-electron chi connectivity index (χ3n) is 3.20. The largest absolute Gasteiger partial charge is 0.496 e. The quantitative estimate of drug-likeness (QED) is 0.762. The summed E-state index contributed by atoms with van der Waals surface area (Å²) in [6.07, 6.45) is 0. The zero-order valence-electron chi connectivity index (χ0n) is 12.6. The first-order chi connectivity index (χ1) is 10.6. The minimum Gasteiger partial charge on any atom is -0.496 e. The fourth-order valence-electron chi connectivity index (χ4n) is 1.96. The number of halogens is 1. The van der Waals surface area contributed by atoms with Gasteiger partial charge in [0.1, 0.15) is 11.6 Å². The van der Waals surface area contributed by atoms with E-state index >= 15 is 0 Å². The molecule has 0 heterocycles. The van der Waals surface area contributed by atoms with Crippen LogP contribution in [-0.2, 0) is 11.3 Å². The fraction of sp³-hybridized carbons (Fsp3) is 0.235. The molecule has 3 nitrogen and oxygen atoms in total. The van der Waals surface area contributed by atoms with Gasteiger partial charge in [-0.1, -0.05) is 18.2 Å². The molecule has 0 saturated carbocycles. The molecule has 0 unspecified atom stereocenters. The Hall–Kier alpha value is -2.01. The molecule has 2 rings (SSSR count). The summed E-state index contributed by atoms with van der Waals surface area (Å²) in [5.41, 5.74) is 0.965. The standard InChI is InChI=1S/C17H18FNO2S/c1-19(11-13-5-3-4-6-16(13)21-2)17(20)12-22-15-9-7-14(18)8-10-15/h3-10H,11-12H2,1-2H3. The molecule has 22 heavy (non-hydrogen) atoms. The minimum absolute atomic E-state index is 0.0141. The van der Waals surface area contributed by atoms with E-state index in [4.69, 9.17) is 4.74 Å². The predicted molar refractivity (Wildman–Crippen MR) is 86.6 cm³/mol. The number of rotatable bonds is 6. The van der Waals surface area contributed by atoms with E-state index in [1.165, 1.54) is 23.9 Å². The van der Waals surface area contributed by atoms with Gasteiger partial charge < -0.3 is 9.64 Å². The molecule has 0 radical (unpaired) electrons. The number of thioether (sulfide) groups is 1. The number of methoxy groups -OCH3 is 1. The highest BCUT2D eigenvalue weighted by Gasteiger charge is 2.12. The Morgan fingerprint density at radius 1 is 1.18 bits per heavy atom. The second kappa shape index (κ2) is 7.84. The van der Waals surface area contributed by atoms with Crippen LogP contribution in [-0.4, -0.2) is 30.7 Å². The second-order valence-electron chi connectivity index (χ2n) is 4.80. The van der Waals surface area contributed by atoms with Crippen LogP contribution in [0.3, 0.4) is 0 Å². The van der Waals surface area contributed by atoms with Crippen molar-refractivity contribution in [3.8, 4) is 5.75 Å². The van der Waals surface area contributed by atoms with Gasteiger partial charge in [0.05, 0.1) is 12.9 Å². The summed E-state index contributed by atoms with van der Waals surface area (Å²) in [4.78, 5) is 14.7. The van der Waals surface area contributed by atoms with Crippen LogP contribution in [0.2, 0.25) is 0 Å². The molecule has 0 fully saturated rings. The van der Waals surface area contributed by atoms with E-state index in [2.05, 4.69) is 0 Å². The normalized spacial score (nSPS) is 10.3. The van der Waals surface area contributed by atoms with Gasteiger partial charge >= 0.3 is 0 Å². The molecule has 1 amide bonds. The molecular formula is C17H18FNO2S. The average molecular weight is 319 g/mol. The lowest BCUT2D eigenvalue weighted by Crippen LogP contribution is -2.27. The van der Waals surface area contributed by atoms with E-state index in [-0.39, 0.29) is 11.7 Å². The van der Waals surface area contributed by atoms with Gasteiger partial charge in [-0.15, -0.1) is 11.8 Å². The van der Waals surface area contributed by atoms with Crippen LogP contribution < -0.4 is 4.74 Å². The first kappa shape index (κ1) is 16.4. The Morgan fingerprint density at radius 3 is 2.55 bits per heavy atom. The van der Waals surface area contributed by atoms with Crippen LogP contribution in [0.15, 0.2) is 53.4 Å². The molecule has 0 aliphatic rings. The van der Waals surface area contributed by atoms with Crippen LogP contribution in [0.25, 0.3) is 0 Å². The predicted octanol–water partition coefficient (Wildman–Crippen LogP) is 3.59. The lowest BCUT2D eigenvalue weighted by atomic mass is 10.2. The maximum absolute atomic E-state index is 12.8. The highest BCUT2D eigenvalue weighted by atomic mass is 32.2. The summed E-state index contributed by atoms with van der Waals surface area (Å²) in [6.45, 7) is 0.493. The molecule has 2 aromatic carbocycles. The Kier molecular flexibility index (Phi) is 5.83. The molecule has 0 saturated heterocycles. The molecule has 0 bridgehead atoms. The number of nitrogens with zero attached hydrogens (tertiary/aromatic N) is 1. The average Bonchev–Trinajstić information content (AvgIpc) is 2.54. The van der Waals surface area contributed by atoms with E-state index in [9.17, 15) is 9.18 Å². The van der Waals surface area contributed by atoms with Crippen LogP contribution in [0.1, 0.15) is 5.56 Å². The van der Waals surface area contributed by atoms with Gasteiger partial charge in [-0.25, -0.2) is 4.39 Å². The van der Waals surface area contributed by atoms with E-state index in [0.717, 1.165) is 16.2 Å². The van der Waals surface area contributed by atoms with Gasteiger partial charge in [0.25, 0.3) is 0 Å². The van der Waals surface area contributed by atoms with Crippen molar-refractivity contribution < 1.29 is 13.9 Å².